The van der Waals surface area contributed by atoms with Crippen LogP contribution < -0.4 is 4.90 Å². The number of rotatable bonds is 4. The van der Waals surface area contributed by atoms with Crippen LogP contribution in [0.2, 0.25) is 0 Å². The first kappa shape index (κ1) is 13.9. The van der Waals surface area contributed by atoms with Crippen LogP contribution in [-0.2, 0) is 6.54 Å². The van der Waals surface area contributed by atoms with Crippen molar-refractivity contribution in [3.05, 3.63) is 55.5 Å². The van der Waals surface area contributed by atoms with E-state index in [0.717, 1.165) is 17.2 Å². The Kier molecular flexibility index (Phi) is 4.08. The van der Waals surface area contributed by atoms with Crippen LogP contribution in [0.4, 0.5) is 11.4 Å². The molecular formula is C13H13IN2O3. The molecular weight excluding hydrogens is 359 g/mol. The van der Waals surface area contributed by atoms with E-state index in [1.165, 1.54) is 6.07 Å². The number of nitro benzene ring substituents is 1. The molecule has 1 heterocycles. The molecule has 0 aliphatic rings. The SMILES string of the molecule is Cc1ccc(CN(C)c2ccc([N+](=O)[O-])c(I)c2)o1. The smallest absolute Gasteiger partial charge is 0.282 e. The number of hydrogen-bond acceptors (Lipinski definition) is 4. The Bertz CT molecular complexity index is 610. The zero-order chi connectivity index (χ0) is 14.0. The highest BCUT2D eigenvalue weighted by molar-refractivity contribution is 14.1. The standard InChI is InChI=1S/C13H13IN2O3/c1-9-3-5-11(19-9)8-15(2)10-4-6-13(16(17)18)12(14)7-10/h3-7H,8H2,1-2H3. The molecule has 0 saturated heterocycles. The lowest BCUT2D eigenvalue weighted by atomic mass is 10.2. The maximum absolute atomic E-state index is 10.8. The van der Waals surface area contributed by atoms with Crippen molar-refractivity contribution in [2.45, 2.75) is 13.5 Å². The number of furan rings is 1. The van der Waals surface area contributed by atoms with Gasteiger partial charge in [0.1, 0.15) is 11.5 Å². The maximum Gasteiger partial charge on any atom is 0.282 e. The minimum atomic E-state index is -0.374. The fourth-order valence-corrected chi connectivity index (χ4v) is 2.47. The molecule has 0 saturated carbocycles. The fraction of sp³-hybridized carbons (Fsp3) is 0.231. The largest absolute Gasteiger partial charge is 0.464 e. The fourth-order valence-electron chi connectivity index (χ4n) is 1.78. The second kappa shape index (κ2) is 5.60. The summed E-state index contributed by atoms with van der Waals surface area (Å²) in [5, 5.41) is 10.8. The van der Waals surface area contributed by atoms with Crippen LogP contribution in [0.1, 0.15) is 11.5 Å². The lowest BCUT2D eigenvalue weighted by Gasteiger charge is -2.18. The van der Waals surface area contributed by atoms with E-state index in [9.17, 15) is 10.1 Å². The third-order valence-electron chi connectivity index (χ3n) is 2.76. The zero-order valence-electron chi connectivity index (χ0n) is 10.6. The lowest BCUT2D eigenvalue weighted by molar-refractivity contribution is -0.385. The van der Waals surface area contributed by atoms with Gasteiger partial charge in [0.2, 0.25) is 0 Å². The van der Waals surface area contributed by atoms with Crippen LogP contribution in [0.3, 0.4) is 0 Å². The molecule has 5 nitrogen and oxygen atoms in total. The van der Waals surface area contributed by atoms with Gasteiger partial charge in [0.05, 0.1) is 15.0 Å². The van der Waals surface area contributed by atoms with Gasteiger partial charge < -0.3 is 9.32 Å². The van der Waals surface area contributed by atoms with Gasteiger partial charge >= 0.3 is 0 Å². The number of hydrogen-bond donors (Lipinski definition) is 0. The minimum absolute atomic E-state index is 0.131. The van der Waals surface area contributed by atoms with Gasteiger partial charge in [-0.25, -0.2) is 0 Å². The molecule has 2 rings (SSSR count). The summed E-state index contributed by atoms with van der Waals surface area (Å²) in [6, 6.07) is 8.93. The van der Waals surface area contributed by atoms with Crippen LogP contribution in [0, 0.1) is 20.6 Å². The average Bonchev–Trinajstić information content (AvgIpc) is 2.74. The predicted octanol–water partition coefficient (Wildman–Crippen LogP) is 3.74. The van der Waals surface area contributed by atoms with Crippen molar-refractivity contribution in [2.24, 2.45) is 0 Å². The highest BCUT2D eigenvalue weighted by Crippen LogP contribution is 2.26. The molecule has 6 heteroatoms. The monoisotopic (exact) mass is 372 g/mol. The van der Waals surface area contributed by atoms with Crippen LogP contribution in [0.5, 0.6) is 0 Å². The number of nitrogens with zero attached hydrogens (tertiary/aromatic N) is 2. The highest BCUT2D eigenvalue weighted by Gasteiger charge is 2.13. The summed E-state index contributed by atoms with van der Waals surface area (Å²) in [5.41, 5.74) is 1.05. The summed E-state index contributed by atoms with van der Waals surface area (Å²) in [6.07, 6.45) is 0. The van der Waals surface area contributed by atoms with E-state index in [1.807, 2.05) is 53.6 Å². The molecule has 1 aromatic heterocycles. The van der Waals surface area contributed by atoms with Gasteiger partial charge in [-0.05, 0) is 53.8 Å². The summed E-state index contributed by atoms with van der Waals surface area (Å²) in [6.45, 7) is 2.53. The number of aryl methyl sites for hydroxylation is 1. The first-order valence-electron chi connectivity index (χ1n) is 5.68. The quantitative estimate of drug-likeness (QED) is 0.466. The Balaban J connectivity index is 2.17. The minimum Gasteiger partial charge on any atom is -0.464 e. The molecule has 0 aliphatic heterocycles. The van der Waals surface area contributed by atoms with E-state index < -0.39 is 0 Å². The first-order valence-corrected chi connectivity index (χ1v) is 6.75. The number of benzene rings is 1. The van der Waals surface area contributed by atoms with Gasteiger partial charge in [-0.1, -0.05) is 0 Å². The Labute approximate surface area is 124 Å². The van der Waals surface area contributed by atoms with Gasteiger partial charge in [-0.2, -0.15) is 0 Å². The maximum atomic E-state index is 10.8. The second-order valence-corrected chi connectivity index (χ2v) is 5.42. The molecule has 1 aromatic carbocycles. The molecule has 0 aliphatic carbocycles. The van der Waals surface area contributed by atoms with Gasteiger partial charge in [-0.3, -0.25) is 10.1 Å². The highest BCUT2D eigenvalue weighted by atomic mass is 127. The molecule has 19 heavy (non-hydrogen) atoms. The number of nitro groups is 1. The zero-order valence-corrected chi connectivity index (χ0v) is 12.7. The van der Waals surface area contributed by atoms with Crippen LogP contribution in [-0.4, -0.2) is 12.0 Å². The topological polar surface area (TPSA) is 59.5 Å². The van der Waals surface area contributed by atoms with Crippen molar-refractivity contribution in [1.29, 1.82) is 0 Å². The Morgan fingerprint density at radius 2 is 2.11 bits per heavy atom. The summed E-state index contributed by atoms with van der Waals surface area (Å²) >= 11 is 1.98. The molecule has 0 unspecified atom stereocenters. The molecule has 0 bridgehead atoms. The Morgan fingerprint density at radius 3 is 2.63 bits per heavy atom. The normalized spacial score (nSPS) is 10.5. The Hall–Kier alpha value is -1.57. The van der Waals surface area contributed by atoms with E-state index in [2.05, 4.69) is 0 Å². The molecule has 0 atom stereocenters. The summed E-state index contributed by atoms with van der Waals surface area (Å²) in [5.74, 6) is 1.75. The van der Waals surface area contributed by atoms with Crippen molar-refractivity contribution >= 4 is 34.0 Å². The van der Waals surface area contributed by atoms with E-state index in [-0.39, 0.29) is 10.6 Å². The van der Waals surface area contributed by atoms with Crippen molar-refractivity contribution in [2.75, 3.05) is 11.9 Å². The van der Waals surface area contributed by atoms with Crippen molar-refractivity contribution in [3.8, 4) is 0 Å². The molecule has 0 N–H and O–H groups in total. The molecule has 2 aromatic rings. The van der Waals surface area contributed by atoms with Gasteiger partial charge in [0.15, 0.2) is 0 Å². The molecule has 100 valence electrons. The number of anilines is 1. The number of halogens is 1. The second-order valence-electron chi connectivity index (χ2n) is 4.26. The van der Waals surface area contributed by atoms with Crippen molar-refractivity contribution in [1.82, 2.24) is 0 Å². The molecule has 0 radical (unpaired) electrons. The summed E-state index contributed by atoms with van der Waals surface area (Å²) < 4.78 is 6.14. The van der Waals surface area contributed by atoms with Gasteiger partial charge in [0.25, 0.3) is 5.69 Å². The third-order valence-corrected chi connectivity index (χ3v) is 3.62. The van der Waals surface area contributed by atoms with E-state index in [1.54, 1.807) is 12.1 Å². The summed E-state index contributed by atoms with van der Waals surface area (Å²) in [4.78, 5) is 12.4. The lowest BCUT2D eigenvalue weighted by Crippen LogP contribution is -2.16. The van der Waals surface area contributed by atoms with Gasteiger partial charge in [0, 0.05) is 18.8 Å². The van der Waals surface area contributed by atoms with E-state index in [4.69, 9.17) is 4.42 Å². The van der Waals surface area contributed by atoms with E-state index >= 15 is 0 Å². The van der Waals surface area contributed by atoms with E-state index in [0.29, 0.717) is 10.1 Å². The van der Waals surface area contributed by atoms with Crippen LogP contribution in [0.15, 0.2) is 34.7 Å². The molecule has 0 spiro atoms. The molecule has 0 fully saturated rings. The van der Waals surface area contributed by atoms with Crippen molar-refractivity contribution in [3.63, 3.8) is 0 Å². The average molecular weight is 372 g/mol. The predicted molar refractivity (Wildman–Crippen MR) is 81.4 cm³/mol. The van der Waals surface area contributed by atoms with Crippen molar-refractivity contribution < 1.29 is 9.34 Å². The Morgan fingerprint density at radius 1 is 1.37 bits per heavy atom. The van der Waals surface area contributed by atoms with Gasteiger partial charge in [-0.15, -0.1) is 0 Å². The van der Waals surface area contributed by atoms with Crippen LogP contribution >= 0.6 is 22.6 Å². The third kappa shape index (κ3) is 3.25. The van der Waals surface area contributed by atoms with Crippen LogP contribution in [0.25, 0.3) is 0 Å². The molecule has 0 amide bonds. The summed E-state index contributed by atoms with van der Waals surface area (Å²) in [7, 11) is 1.93. The first-order chi connectivity index (χ1) is 8.97.